The minimum Gasteiger partial charge on any atom is -0.480 e. The number of aromatic nitrogens is 1. The first-order valence-electron chi connectivity index (χ1n) is 6.62. The second-order valence-electron chi connectivity index (χ2n) is 5.29. The van der Waals surface area contributed by atoms with Crippen LogP contribution >= 0.6 is 11.3 Å². The highest BCUT2D eigenvalue weighted by atomic mass is 32.1. The van der Waals surface area contributed by atoms with E-state index in [1.54, 1.807) is 15.8 Å². The van der Waals surface area contributed by atoms with E-state index in [4.69, 9.17) is 0 Å². The van der Waals surface area contributed by atoms with Gasteiger partial charge in [-0.25, -0.2) is 9.78 Å². The van der Waals surface area contributed by atoms with Gasteiger partial charge in [-0.3, -0.25) is 4.79 Å². The van der Waals surface area contributed by atoms with E-state index in [0.717, 1.165) is 25.7 Å². The summed E-state index contributed by atoms with van der Waals surface area (Å²) in [6.45, 7) is 0. The zero-order valence-electron chi connectivity index (χ0n) is 10.5. The molecule has 0 unspecified atom stereocenters. The summed E-state index contributed by atoms with van der Waals surface area (Å²) in [5.41, 5.74) is 1.99. The molecule has 6 heteroatoms. The van der Waals surface area contributed by atoms with Crippen molar-refractivity contribution < 1.29 is 14.7 Å². The van der Waals surface area contributed by atoms with Crippen molar-refractivity contribution in [1.29, 1.82) is 0 Å². The fraction of sp³-hybridized carbons (Fsp3) is 0.615. The quantitative estimate of drug-likeness (QED) is 0.899. The molecule has 1 amide bonds. The van der Waals surface area contributed by atoms with Crippen molar-refractivity contribution in [3.8, 4) is 0 Å². The van der Waals surface area contributed by atoms with Crippen LogP contribution in [0.2, 0.25) is 0 Å². The predicted octanol–water partition coefficient (Wildman–Crippen LogP) is 2.00. The smallest absolute Gasteiger partial charge is 0.326 e. The van der Waals surface area contributed by atoms with Crippen LogP contribution in [-0.2, 0) is 4.79 Å². The Balaban J connectivity index is 1.90. The largest absolute Gasteiger partial charge is 0.480 e. The number of carboxylic acid groups (broad SMARTS) is 1. The molecule has 1 N–H and O–H groups in total. The second kappa shape index (κ2) is 4.92. The number of hydrogen-bond acceptors (Lipinski definition) is 4. The third-order valence-electron chi connectivity index (χ3n) is 4.26. The molecule has 2 heterocycles. The fourth-order valence-electron chi connectivity index (χ4n) is 3.42. The molecule has 0 radical (unpaired) electrons. The zero-order chi connectivity index (χ0) is 13.4. The summed E-state index contributed by atoms with van der Waals surface area (Å²) < 4.78 is 0. The van der Waals surface area contributed by atoms with Gasteiger partial charge in [0.15, 0.2) is 0 Å². The Morgan fingerprint density at radius 3 is 2.84 bits per heavy atom. The van der Waals surface area contributed by atoms with Gasteiger partial charge in [0.2, 0.25) is 0 Å². The number of fused-ring (bicyclic) bond motifs is 1. The summed E-state index contributed by atoms with van der Waals surface area (Å²) in [6, 6.07) is -0.591. The SMILES string of the molecule is O=C(O)[C@@H]1C[C@@H]2CCCC[C@@H]2N1C(=O)c1cscn1. The van der Waals surface area contributed by atoms with Crippen molar-refractivity contribution in [2.75, 3.05) is 0 Å². The Kier molecular flexibility index (Phi) is 3.26. The Morgan fingerprint density at radius 1 is 1.37 bits per heavy atom. The Morgan fingerprint density at radius 2 is 2.16 bits per heavy atom. The van der Waals surface area contributed by atoms with E-state index in [1.165, 1.54) is 11.3 Å². The number of amides is 1. The van der Waals surface area contributed by atoms with E-state index in [2.05, 4.69) is 4.98 Å². The number of rotatable bonds is 2. The number of thiazole rings is 1. The van der Waals surface area contributed by atoms with Crippen molar-refractivity contribution in [2.45, 2.75) is 44.2 Å². The number of nitrogens with zero attached hydrogens (tertiary/aromatic N) is 2. The first-order chi connectivity index (χ1) is 9.18. The number of carbonyl (C=O) groups is 2. The third kappa shape index (κ3) is 2.14. The van der Waals surface area contributed by atoms with Gasteiger partial charge in [0.1, 0.15) is 11.7 Å². The summed E-state index contributed by atoms with van der Waals surface area (Å²) >= 11 is 1.36. The lowest BCUT2D eigenvalue weighted by molar-refractivity contribution is -0.141. The van der Waals surface area contributed by atoms with Crippen LogP contribution in [0.1, 0.15) is 42.6 Å². The van der Waals surface area contributed by atoms with Crippen LogP contribution in [0, 0.1) is 5.92 Å². The van der Waals surface area contributed by atoms with Crippen molar-refractivity contribution in [1.82, 2.24) is 9.88 Å². The van der Waals surface area contributed by atoms with Crippen LogP contribution < -0.4 is 0 Å². The molecule has 1 aromatic rings. The molecule has 1 aromatic heterocycles. The van der Waals surface area contributed by atoms with Crippen LogP contribution in [0.3, 0.4) is 0 Å². The molecule has 19 heavy (non-hydrogen) atoms. The average Bonchev–Trinajstić information content (AvgIpc) is 3.05. The van der Waals surface area contributed by atoms with Gasteiger partial charge in [-0.1, -0.05) is 12.8 Å². The van der Waals surface area contributed by atoms with E-state index in [9.17, 15) is 14.7 Å². The van der Waals surface area contributed by atoms with E-state index in [1.807, 2.05) is 0 Å². The molecule has 2 aliphatic rings. The van der Waals surface area contributed by atoms with Gasteiger partial charge in [-0.05, 0) is 25.2 Å². The molecule has 0 spiro atoms. The number of aliphatic carboxylic acids is 1. The Labute approximate surface area is 115 Å². The molecule has 5 nitrogen and oxygen atoms in total. The van der Waals surface area contributed by atoms with Crippen molar-refractivity contribution >= 4 is 23.2 Å². The van der Waals surface area contributed by atoms with Crippen LogP contribution in [-0.4, -0.2) is 39.0 Å². The first-order valence-corrected chi connectivity index (χ1v) is 7.56. The molecular formula is C13H16N2O3S. The van der Waals surface area contributed by atoms with E-state index < -0.39 is 12.0 Å². The molecule has 2 fully saturated rings. The predicted molar refractivity (Wildman–Crippen MR) is 70.1 cm³/mol. The van der Waals surface area contributed by atoms with Gasteiger partial charge in [-0.15, -0.1) is 11.3 Å². The summed E-state index contributed by atoms with van der Waals surface area (Å²) in [7, 11) is 0. The highest BCUT2D eigenvalue weighted by Gasteiger charge is 2.47. The van der Waals surface area contributed by atoms with Crippen LogP contribution in [0.4, 0.5) is 0 Å². The van der Waals surface area contributed by atoms with Crippen molar-refractivity contribution in [3.05, 3.63) is 16.6 Å². The first kappa shape index (κ1) is 12.6. The molecule has 1 aliphatic carbocycles. The third-order valence-corrected chi connectivity index (χ3v) is 4.85. The fourth-order valence-corrected chi connectivity index (χ4v) is 3.95. The normalized spacial score (nSPS) is 30.1. The van der Waals surface area contributed by atoms with Crippen LogP contribution in [0.5, 0.6) is 0 Å². The molecule has 102 valence electrons. The van der Waals surface area contributed by atoms with Crippen LogP contribution in [0.15, 0.2) is 10.9 Å². The monoisotopic (exact) mass is 280 g/mol. The lowest BCUT2D eigenvalue weighted by Gasteiger charge is -2.32. The molecule has 0 bridgehead atoms. The molecule has 3 rings (SSSR count). The maximum Gasteiger partial charge on any atom is 0.326 e. The standard InChI is InChI=1S/C13H16N2O3S/c16-12(9-6-19-7-14-9)15-10-4-2-1-3-8(10)5-11(15)13(17)18/h6-8,10-11H,1-5H2,(H,17,18)/t8-,10-,11-/m0/s1. The second-order valence-corrected chi connectivity index (χ2v) is 6.01. The van der Waals surface area contributed by atoms with Crippen molar-refractivity contribution in [3.63, 3.8) is 0 Å². The highest BCUT2D eigenvalue weighted by Crippen LogP contribution is 2.40. The summed E-state index contributed by atoms with van der Waals surface area (Å²) in [4.78, 5) is 29.5. The number of carboxylic acids is 1. The molecule has 3 atom stereocenters. The average molecular weight is 280 g/mol. The zero-order valence-corrected chi connectivity index (χ0v) is 11.3. The van der Waals surface area contributed by atoms with Gasteiger partial charge in [0, 0.05) is 11.4 Å². The lowest BCUT2D eigenvalue weighted by atomic mass is 9.84. The summed E-state index contributed by atoms with van der Waals surface area (Å²) in [6.07, 6.45) is 4.77. The minimum atomic E-state index is -0.891. The van der Waals surface area contributed by atoms with Crippen molar-refractivity contribution in [2.24, 2.45) is 5.92 Å². The Bertz CT molecular complexity index is 488. The molecule has 1 saturated carbocycles. The van der Waals surface area contributed by atoms with Crippen LogP contribution in [0.25, 0.3) is 0 Å². The minimum absolute atomic E-state index is 0.0871. The van der Waals surface area contributed by atoms with Gasteiger partial charge < -0.3 is 10.0 Å². The summed E-state index contributed by atoms with van der Waals surface area (Å²) in [5.74, 6) is -0.765. The number of hydrogen-bond donors (Lipinski definition) is 1. The topological polar surface area (TPSA) is 70.5 Å². The Hall–Kier alpha value is -1.43. The molecule has 1 saturated heterocycles. The van der Waals surface area contributed by atoms with Gasteiger partial charge in [0.25, 0.3) is 5.91 Å². The molecular weight excluding hydrogens is 264 g/mol. The van der Waals surface area contributed by atoms with Gasteiger partial charge in [-0.2, -0.15) is 0 Å². The van der Waals surface area contributed by atoms with E-state index >= 15 is 0 Å². The summed E-state index contributed by atoms with van der Waals surface area (Å²) in [5, 5.41) is 11.1. The van der Waals surface area contributed by atoms with Gasteiger partial charge >= 0.3 is 5.97 Å². The molecule has 1 aliphatic heterocycles. The maximum atomic E-state index is 12.5. The van der Waals surface area contributed by atoms with E-state index in [-0.39, 0.29) is 11.9 Å². The number of likely N-dealkylation sites (tertiary alicyclic amines) is 1. The maximum absolute atomic E-state index is 12.5. The lowest BCUT2D eigenvalue weighted by Crippen LogP contribution is -2.46. The number of carbonyl (C=O) groups excluding carboxylic acids is 1. The highest BCUT2D eigenvalue weighted by molar-refractivity contribution is 7.07. The van der Waals surface area contributed by atoms with Gasteiger partial charge in [0.05, 0.1) is 5.51 Å². The molecule has 0 aromatic carbocycles. The van der Waals surface area contributed by atoms with E-state index in [0.29, 0.717) is 18.0 Å².